The number of hydrogen-bond acceptors (Lipinski definition) is 3. The van der Waals surface area contributed by atoms with Crippen molar-refractivity contribution < 1.29 is 14.4 Å². The SMILES string of the molecule is C[C@@]12CC[C@H]3[C@@H]4CCC(=O)[C@@]4(C)CC[C@@H]3[C@@]1(C=O)CCC2=O. The van der Waals surface area contributed by atoms with E-state index in [-0.39, 0.29) is 5.41 Å². The zero-order valence-electron chi connectivity index (χ0n) is 13.7. The number of fused-ring (bicyclic) bond motifs is 5. The van der Waals surface area contributed by atoms with Crippen LogP contribution in [-0.2, 0) is 14.4 Å². The lowest BCUT2D eigenvalue weighted by molar-refractivity contribution is -0.159. The molecule has 0 spiro atoms. The molecule has 0 amide bonds. The van der Waals surface area contributed by atoms with Gasteiger partial charge >= 0.3 is 0 Å². The first-order chi connectivity index (χ1) is 10.4. The van der Waals surface area contributed by atoms with Crippen LogP contribution in [0.5, 0.6) is 0 Å². The lowest BCUT2D eigenvalue weighted by Gasteiger charge is -2.58. The summed E-state index contributed by atoms with van der Waals surface area (Å²) in [4.78, 5) is 37.1. The Labute approximate surface area is 132 Å². The number of carbonyl (C=O) groups excluding carboxylic acids is 3. The van der Waals surface area contributed by atoms with Crippen LogP contribution in [-0.4, -0.2) is 17.9 Å². The molecule has 3 heteroatoms. The molecule has 4 saturated carbocycles. The summed E-state index contributed by atoms with van der Waals surface area (Å²) in [7, 11) is 0. The van der Waals surface area contributed by atoms with Crippen molar-refractivity contribution in [1.82, 2.24) is 0 Å². The Morgan fingerprint density at radius 1 is 0.909 bits per heavy atom. The second-order valence-corrected chi connectivity index (χ2v) is 8.75. The van der Waals surface area contributed by atoms with Gasteiger partial charge in [0.25, 0.3) is 0 Å². The Morgan fingerprint density at radius 2 is 1.68 bits per heavy atom. The third kappa shape index (κ3) is 1.42. The molecule has 0 unspecified atom stereocenters. The summed E-state index contributed by atoms with van der Waals surface area (Å²) in [5, 5.41) is 0. The van der Waals surface area contributed by atoms with E-state index in [1.807, 2.05) is 6.92 Å². The molecule has 3 nitrogen and oxygen atoms in total. The fourth-order valence-corrected chi connectivity index (χ4v) is 6.93. The fraction of sp³-hybridized carbons (Fsp3) is 0.842. The van der Waals surface area contributed by atoms with Gasteiger partial charge < -0.3 is 4.79 Å². The Morgan fingerprint density at radius 3 is 2.41 bits per heavy atom. The van der Waals surface area contributed by atoms with Gasteiger partial charge in [-0.1, -0.05) is 13.8 Å². The van der Waals surface area contributed by atoms with E-state index in [1.165, 1.54) is 0 Å². The third-order valence-electron chi connectivity index (χ3n) is 8.40. The summed E-state index contributed by atoms with van der Waals surface area (Å²) in [6.07, 6.45) is 7.90. The molecule has 6 atom stereocenters. The number of hydrogen-bond donors (Lipinski definition) is 0. The van der Waals surface area contributed by atoms with Crippen molar-refractivity contribution >= 4 is 17.9 Å². The number of rotatable bonds is 1. The summed E-state index contributed by atoms with van der Waals surface area (Å²) in [6, 6.07) is 0. The number of carbonyl (C=O) groups is 3. The minimum absolute atomic E-state index is 0.151. The van der Waals surface area contributed by atoms with Crippen molar-refractivity contribution in [2.75, 3.05) is 0 Å². The predicted octanol–water partition coefficient (Wildman–Crippen LogP) is 3.35. The van der Waals surface area contributed by atoms with E-state index in [2.05, 4.69) is 6.92 Å². The van der Waals surface area contributed by atoms with E-state index in [0.717, 1.165) is 44.8 Å². The molecular formula is C19H26O3. The molecule has 0 heterocycles. The van der Waals surface area contributed by atoms with Crippen molar-refractivity contribution in [3.63, 3.8) is 0 Å². The van der Waals surface area contributed by atoms with Gasteiger partial charge in [-0.15, -0.1) is 0 Å². The molecule has 0 aromatic heterocycles. The minimum atomic E-state index is -0.444. The Balaban J connectivity index is 1.76. The van der Waals surface area contributed by atoms with Gasteiger partial charge in [-0.25, -0.2) is 0 Å². The van der Waals surface area contributed by atoms with Gasteiger partial charge in [-0.3, -0.25) is 9.59 Å². The summed E-state index contributed by atoms with van der Waals surface area (Å²) >= 11 is 0. The van der Waals surface area contributed by atoms with Crippen LogP contribution >= 0.6 is 0 Å². The maximum Gasteiger partial charge on any atom is 0.139 e. The van der Waals surface area contributed by atoms with Crippen molar-refractivity contribution in [3.8, 4) is 0 Å². The molecule has 0 aliphatic heterocycles. The van der Waals surface area contributed by atoms with Gasteiger partial charge in [0.05, 0.1) is 0 Å². The standard InChI is InChI=1S/C19H26O3/c1-17-8-6-14-12(13(17)3-4-15(17)21)5-9-18(2)16(22)7-10-19(14,18)11-20/h11-14H,3-10H2,1-2H3/t12-,13-,14-,17-,18-,19-/m0/s1. The molecule has 0 saturated heterocycles. The molecule has 0 radical (unpaired) electrons. The maximum absolute atomic E-state index is 12.5. The molecule has 0 bridgehead atoms. The fourth-order valence-electron chi connectivity index (χ4n) is 6.93. The highest BCUT2D eigenvalue weighted by Crippen LogP contribution is 2.68. The van der Waals surface area contributed by atoms with Gasteiger partial charge in [0.2, 0.25) is 0 Å². The number of Topliss-reactive ketones (excluding diaryl/α,β-unsaturated/α-hetero) is 2. The van der Waals surface area contributed by atoms with E-state index in [1.54, 1.807) is 0 Å². The normalized spacial score (nSPS) is 53.8. The van der Waals surface area contributed by atoms with Gasteiger partial charge in [-0.05, 0) is 56.3 Å². The summed E-state index contributed by atoms with van der Waals surface area (Å²) in [5.41, 5.74) is -1.03. The van der Waals surface area contributed by atoms with E-state index in [4.69, 9.17) is 0 Å². The van der Waals surface area contributed by atoms with Crippen molar-refractivity contribution in [2.24, 2.45) is 34.0 Å². The minimum Gasteiger partial charge on any atom is -0.303 e. The van der Waals surface area contributed by atoms with Crippen LogP contribution in [0.15, 0.2) is 0 Å². The molecular weight excluding hydrogens is 276 g/mol. The summed E-state index contributed by atoms with van der Waals surface area (Å²) in [6.45, 7) is 4.20. The van der Waals surface area contributed by atoms with Crippen LogP contribution in [0.4, 0.5) is 0 Å². The van der Waals surface area contributed by atoms with E-state index >= 15 is 0 Å². The molecule has 4 fully saturated rings. The quantitative estimate of drug-likeness (QED) is 0.698. The van der Waals surface area contributed by atoms with Crippen molar-refractivity contribution in [1.29, 1.82) is 0 Å². The average Bonchev–Trinajstić information content (AvgIpc) is 2.95. The van der Waals surface area contributed by atoms with Crippen LogP contribution in [0.25, 0.3) is 0 Å². The van der Waals surface area contributed by atoms with E-state index in [0.29, 0.717) is 42.2 Å². The topological polar surface area (TPSA) is 51.2 Å². The van der Waals surface area contributed by atoms with Crippen LogP contribution in [0, 0.1) is 34.0 Å². The van der Waals surface area contributed by atoms with Gasteiger partial charge in [0.15, 0.2) is 0 Å². The monoisotopic (exact) mass is 302 g/mol. The van der Waals surface area contributed by atoms with Crippen molar-refractivity contribution in [2.45, 2.75) is 65.2 Å². The largest absolute Gasteiger partial charge is 0.303 e. The molecule has 22 heavy (non-hydrogen) atoms. The first-order valence-electron chi connectivity index (χ1n) is 8.92. The first kappa shape index (κ1) is 14.6. The first-order valence-corrected chi connectivity index (χ1v) is 8.92. The van der Waals surface area contributed by atoms with Crippen LogP contribution in [0.1, 0.15) is 65.2 Å². The van der Waals surface area contributed by atoms with Crippen LogP contribution < -0.4 is 0 Å². The van der Waals surface area contributed by atoms with Gasteiger partial charge in [0, 0.05) is 29.1 Å². The maximum atomic E-state index is 12.5. The van der Waals surface area contributed by atoms with E-state index < -0.39 is 10.8 Å². The Bertz CT molecular complexity index is 567. The highest BCUT2D eigenvalue weighted by Gasteiger charge is 2.68. The van der Waals surface area contributed by atoms with Crippen LogP contribution in [0.3, 0.4) is 0 Å². The molecule has 0 N–H and O–H groups in total. The highest BCUT2D eigenvalue weighted by molar-refractivity contribution is 5.93. The Kier molecular flexibility index (Phi) is 2.85. The van der Waals surface area contributed by atoms with Gasteiger partial charge in [0.1, 0.15) is 17.9 Å². The smallest absolute Gasteiger partial charge is 0.139 e. The molecule has 4 aliphatic rings. The van der Waals surface area contributed by atoms with Crippen molar-refractivity contribution in [3.05, 3.63) is 0 Å². The second kappa shape index (κ2) is 4.30. The molecule has 0 aromatic rings. The zero-order chi connectivity index (χ0) is 15.8. The molecule has 4 aliphatic carbocycles. The highest BCUT2D eigenvalue weighted by atomic mass is 16.1. The predicted molar refractivity (Wildman–Crippen MR) is 82.1 cm³/mol. The summed E-state index contributed by atoms with van der Waals surface area (Å²) in [5.74, 6) is 1.96. The Hall–Kier alpha value is -0.990. The molecule has 4 rings (SSSR count). The number of ketones is 2. The lowest BCUT2D eigenvalue weighted by Crippen LogP contribution is -2.57. The molecule has 120 valence electrons. The lowest BCUT2D eigenvalue weighted by atomic mass is 9.44. The van der Waals surface area contributed by atoms with Gasteiger partial charge in [-0.2, -0.15) is 0 Å². The average molecular weight is 302 g/mol. The molecule has 0 aromatic carbocycles. The summed E-state index contributed by atoms with van der Waals surface area (Å²) < 4.78 is 0. The zero-order valence-corrected chi connectivity index (χ0v) is 13.7. The third-order valence-corrected chi connectivity index (χ3v) is 8.40. The second-order valence-electron chi connectivity index (χ2n) is 8.75. The van der Waals surface area contributed by atoms with Crippen LogP contribution in [0.2, 0.25) is 0 Å². The van der Waals surface area contributed by atoms with E-state index in [9.17, 15) is 14.4 Å². The number of aldehydes is 1.